The number of rotatable bonds is 37. The third-order valence-corrected chi connectivity index (χ3v) is 8.63. The monoisotopic (exact) mass is 739 g/mol. The highest BCUT2D eigenvalue weighted by Crippen LogP contribution is 2.12. The molecule has 53 heavy (non-hydrogen) atoms. The summed E-state index contributed by atoms with van der Waals surface area (Å²) in [5.74, 6) is -0.972. The van der Waals surface area contributed by atoms with Crippen molar-refractivity contribution in [2.24, 2.45) is 0 Å². The van der Waals surface area contributed by atoms with Crippen molar-refractivity contribution in [2.45, 2.75) is 194 Å². The molecule has 0 rings (SSSR count). The minimum absolute atomic E-state index is 0.0979. The number of hydrogen-bond donors (Lipinski definition) is 0. The summed E-state index contributed by atoms with van der Waals surface area (Å²) in [6.07, 6.45) is 50.3. The second kappa shape index (κ2) is 41.6. The number of unbranched alkanes of at least 4 members (excludes halogenated alkanes) is 14. The Labute approximate surface area is 325 Å². The van der Waals surface area contributed by atoms with Crippen LogP contribution in [0.15, 0.2) is 72.9 Å². The van der Waals surface area contributed by atoms with Crippen LogP contribution in [-0.2, 0) is 28.6 Å². The SMILES string of the molecule is CC/C=C\C/C=C\C/C=C\C/C=C\CCCCC(=O)OCC(COC(=O)CCCCCCC/C=C\CCC)OC(=O)CCCCCCC/C=C\CCC. The van der Waals surface area contributed by atoms with E-state index in [0.717, 1.165) is 122 Å². The molecule has 1 unspecified atom stereocenters. The maximum absolute atomic E-state index is 12.6. The zero-order chi connectivity index (χ0) is 38.7. The molecule has 0 aliphatic heterocycles. The second-order valence-corrected chi connectivity index (χ2v) is 13.9. The molecule has 0 aromatic carbocycles. The van der Waals surface area contributed by atoms with Gasteiger partial charge in [0.1, 0.15) is 13.2 Å². The Hall–Kier alpha value is -3.15. The molecule has 0 aromatic heterocycles. The topological polar surface area (TPSA) is 78.9 Å². The predicted octanol–water partition coefficient (Wildman–Crippen LogP) is 13.5. The highest BCUT2D eigenvalue weighted by molar-refractivity contribution is 5.71. The standard InChI is InChI=1S/C47H78O6/c1-4-7-10-13-16-19-22-23-24-25-26-29-31-34-37-40-46(49)52-43-44(53-47(50)41-38-35-32-28-21-18-15-12-9-6-3)42-51-45(48)39-36-33-30-27-20-17-14-11-8-5-2/h7,10-12,14-16,19,23-24,26,29,44H,4-6,8-9,13,17-18,20-22,25,27-28,30-43H2,1-3H3/b10-7-,14-11-,15-12-,19-16-,24-23-,29-26-. The Balaban J connectivity index is 4.46. The van der Waals surface area contributed by atoms with Crippen LogP contribution >= 0.6 is 0 Å². The molecule has 6 heteroatoms. The fourth-order valence-corrected chi connectivity index (χ4v) is 5.43. The molecule has 0 aromatic rings. The van der Waals surface area contributed by atoms with Gasteiger partial charge < -0.3 is 14.2 Å². The second-order valence-electron chi connectivity index (χ2n) is 13.9. The first-order valence-corrected chi connectivity index (χ1v) is 21.4. The van der Waals surface area contributed by atoms with Crippen LogP contribution in [0.1, 0.15) is 188 Å². The molecule has 1 atom stereocenters. The van der Waals surface area contributed by atoms with Gasteiger partial charge in [0.2, 0.25) is 0 Å². The lowest BCUT2D eigenvalue weighted by molar-refractivity contribution is -0.167. The van der Waals surface area contributed by atoms with Gasteiger partial charge in [0.05, 0.1) is 0 Å². The van der Waals surface area contributed by atoms with Crippen LogP contribution in [0.5, 0.6) is 0 Å². The average Bonchev–Trinajstić information content (AvgIpc) is 3.15. The van der Waals surface area contributed by atoms with Gasteiger partial charge in [0.25, 0.3) is 0 Å². The minimum atomic E-state index is -0.796. The van der Waals surface area contributed by atoms with Crippen LogP contribution in [0.2, 0.25) is 0 Å². The summed E-state index contributed by atoms with van der Waals surface area (Å²) in [5.41, 5.74) is 0. The third-order valence-electron chi connectivity index (χ3n) is 8.63. The van der Waals surface area contributed by atoms with E-state index in [0.29, 0.717) is 19.3 Å². The molecule has 0 heterocycles. The Morgan fingerprint density at radius 1 is 0.396 bits per heavy atom. The summed E-state index contributed by atoms with van der Waals surface area (Å²) in [7, 11) is 0. The Kier molecular flexibility index (Phi) is 39.1. The number of allylic oxidation sites excluding steroid dienone is 12. The molecule has 0 spiro atoms. The van der Waals surface area contributed by atoms with Gasteiger partial charge in [-0.3, -0.25) is 14.4 Å². The first kappa shape index (κ1) is 49.9. The van der Waals surface area contributed by atoms with Crippen LogP contribution < -0.4 is 0 Å². The smallest absolute Gasteiger partial charge is 0.306 e. The lowest BCUT2D eigenvalue weighted by Gasteiger charge is -2.18. The molecule has 0 saturated carbocycles. The van der Waals surface area contributed by atoms with Gasteiger partial charge in [-0.25, -0.2) is 0 Å². The molecule has 0 aliphatic rings. The summed E-state index contributed by atoms with van der Waals surface area (Å²) >= 11 is 0. The van der Waals surface area contributed by atoms with Crippen molar-refractivity contribution in [1.82, 2.24) is 0 Å². The quantitative estimate of drug-likeness (QED) is 0.0273. The van der Waals surface area contributed by atoms with Crippen molar-refractivity contribution < 1.29 is 28.6 Å². The summed E-state index contributed by atoms with van der Waals surface area (Å²) < 4.78 is 16.6. The normalized spacial score (nSPS) is 12.7. The van der Waals surface area contributed by atoms with E-state index < -0.39 is 6.10 Å². The van der Waals surface area contributed by atoms with Gasteiger partial charge in [-0.2, -0.15) is 0 Å². The van der Waals surface area contributed by atoms with Crippen molar-refractivity contribution in [1.29, 1.82) is 0 Å². The van der Waals surface area contributed by atoms with Crippen LogP contribution in [0, 0.1) is 0 Å². The fourth-order valence-electron chi connectivity index (χ4n) is 5.43. The molecule has 0 amide bonds. The summed E-state index contributed by atoms with van der Waals surface area (Å²) in [4.78, 5) is 37.6. The van der Waals surface area contributed by atoms with Crippen LogP contribution in [0.25, 0.3) is 0 Å². The van der Waals surface area contributed by atoms with Gasteiger partial charge in [0.15, 0.2) is 6.10 Å². The predicted molar refractivity (Wildman–Crippen MR) is 224 cm³/mol. The molecule has 6 nitrogen and oxygen atoms in total. The highest BCUT2D eigenvalue weighted by atomic mass is 16.6. The van der Waals surface area contributed by atoms with Crippen molar-refractivity contribution in [2.75, 3.05) is 13.2 Å². The molecule has 0 fully saturated rings. The molecule has 0 saturated heterocycles. The van der Waals surface area contributed by atoms with Gasteiger partial charge >= 0.3 is 17.9 Å². The molecule has 0 aliphatic carbocycles. The Morgan fingerprint density at radius 3 is 1.21 bits per heavy atom. The van der Waals surface area contributed by atoms with Gasteiger partial charge in [0, 0.05) is 19.3 Å². The van der Waals surface area contributed by atoms with E-state index in [1.165, 1.54) is 25.7 Å². The Morgan fingerprint density at radius 2 is 0.736 bits per heavy atom. The zero-order valence-corrected chi connectivity index (χ0v) is 34.3. The van der Waals surface area contributed by atoms with E-state index in [4.69, 9.17) is 14.2 Å². The molecule has 302 valence electrons. The van der Waals surface area contributed by atoms with Gasteiger partial charge in [-0.15, -0.1) is 0 Å². The molecular formula is C47H78O6. The van der Waals surface area contributed by atoms with E-state index in [1.54, 1.807) is 0 Å². The summed E-state index contributed by atoms with van der Waals surface area (Å²) in [6, 6.07) is 0. The van der Waals surface area contributed by atoms with E-state index >= 15 is 0 Å². The summed E-state index contributed by atoms with van der Waals surface area (Å²) in [6.45, 7) is 6.31. The molecule has 0 radical (unpaired) electrons. The minimum Gasteiger partial charge on any atom is -0.462 e. The number of carbonyl (C=O) groups excluding carboxylic acids is 3. The number of ether oxygens (including phenoxy) is 3. The maximum atomic E-state index is 12.6. The van der Waals surface area contributed by atoms with Gasteiger partial charge in [-0.1, -0.05) is 145 Å². The van der Waals surface area contributed by atoms with Crippen molar-refractivity contribution >= 4 is 17.9 Å². The zero-order valence-electron chi connectivity index (χ0n) is 34.3. The highest BCUT2D eigenvalue weighted by Gasteiger charge is 2.19. The number of hydrogen-bond acceptors (Lipinski definition) is 6. The average molecular weight is 739 g/mol. The van der Waals surface area contributed by atoms with E-state index in [9.17, 15) is 14.4 Å². The third kappa shape index (κ3) is 39.9. The number of esters is 3. The van der Waals surface area contributed by atoms with Crippen molar-refractivity contribution in [3.05, 3.63) is 72.9 Å². The number of carbonyl (C=O) groups is 3. The van der Waals surface area contributed by atoms with Crippen molar-refractivity contribution in [3.8, 4) is 0 Å². The summed E-state index contributed by atoms with van der Waals surface area (Å²) in [5, 5.41) is 0. The Bertz CT molecular complexity index is 1030. The molecule has 0 bridgehead atoms. The van der Waals surface area contributed by atoms with E-state index in [2.05, 4.69) is 93.7 Å². The largest absolute Gasteiger partial charge is 0.462 e. The lowest BCUT2D eigenvalue weighted by Crippen LogP contribution is -2.30. The van der Waals surface area contributed by atoms with Crippen LogP contribution in [0.3, 0.4) is 0 Å². The van der Waals surface area contributed by atoms with E-state index in [-0.39, 0.29) is 31.1 Å². The van der Waals surface area contributed by atoms with Crippen LogP contribution in [-0.4, -0.2) is 37.2 Å². The molecule has 0 N–H and O–H groups in total. The molecular weight excluding hydrogens is 661 g/mol. The first-order chi connectivity index (χ1) is 26.0. The van der Waals surface area contributed by atoms with Crippen molar-refractivity contribution in [3.63, 3.8) is 0 Å². The maximum Gasteiger partial charge on any atom is 0.306 e. The lowest BCUT2D eigenvalue weighted by atomic mass is 10.1. The fraction of sp³-hybridized carbons (Fsp3) is 0.681. The van der Waals surface area contributed by atoms with Crippen LogP contribution in [0.4, 0.5) is 0 Å². The van der Waals surface area contributed by atoms with E-state index in [1.807, 2.05) is 0 Å². The first-order valence-electron chi connectivity index (χ1n) is 21.4. The van der Waals surface area contributed by atoms with Gasteiger partial charge in [-0.05, 0) is 96.3 Å².